The first kappa shape index (κ1) is 11.2. The maximum absolute atomic E-state index is 12.1. The molecular formula is C7H7F5. The first-order chi connectivity index (χ1) is 5.31. The largest absolute Gasteiger partial charge is 0.453 e. The highest BCUT2D eigenvalue weighted by Gasteiger charge is 2.56. The third kappa shape index (κ3) is 3.07. The minimum absolute atomic E-state index is 0.0638. The molecule has 5 heteroatoms. The van der Waals surface area contributed by atoms with Crippen LogP contribution in [0.2, 0.25) is 0 Å². The Kier molecular flexibility index (Phi) is 3.50. The molecule has 0 unspecified atom stereocenters. The van der Waals surface area contributed by atoms with Gasteiger partial charge in [0.2, 0.25) is 0 Å². The third-order valence-corrected chi connectivity index (χ3v) is 1.23. The summed E-state index contributed by atoms with van der Waals surface area (Å²) in [5, 5.41) is 0. The number of halogens is 5. The Balaban J connectivity index is 3.98. The third-order valence-electron chi connectivity index (χ3n) is 1.23. The SMILES string of the molecule is C#CCCCC(F)(F)C(F)(F)F. The molecule has 0 radical (unpaired) electrons. The Hall–Kier alpha value is -0.790. The quantitative estimate of drug-likeness (QED) is 0.361. The maximum atomic E-state index is 12.1. The summed E-state index contributed by atoms with van der Waals surface area (Å²) in [6.07, 6.45) is -2.38. The van der Waals surface area contributed by atoms with Crippen LogP contribution in [0.1, 0.15) is 19.3 Å². The number of hydrogen-bond donors (Lipinski definition) is 0. The Morgan fingerprint density at radius 3 is 1.92 bits per heavy atom. The van der Waals surface area contributed by atoms with Crippen LogP contribution >= 0.6 is 0 Å². The highest BCUT2D eigenvalue weighted by atomic mass is 19.4. The Morgan fingerprint density at radius 1 is 1.08 bits per heavy atom. The Bertz CT molecular complexity index is 173. The van der Waals surface area contributed by atoms with Gasteiger partial charge in [0.05, 0.1) is 0 Å². The predicted molar refractivity (Wildman–Crippen MR) is 33.7 cm³/mol. The zero-order valence-corrected chi connectivity index (χ0v) is 6.09. The fraction of sp³-hybridized carbons (Fsp3) is 0.714. The molecule has 0 aromatic heterocycles. The second-order valence-corrected chi connectivity index (χ2v) is 2.26. The summed E-state index contributed by atoms with van der Waals surface area (Å²) < 4.78 is 58.5. The van der Waals surface area contributed by atoms with Gasteiger partial charge in [0.1, 0.15) is 0 Å². The van der Waals surface area contributed by atoms with Crippen LogP contribution < -0.4 is 0 Å². The van der Waals surface area contributed by atoms with Crippen molar-refractivity contribution in [2.75, 3.05) is 0 Å². The topological polar surface area (TPSA) is 0 Å². The normalized spacial score (nSPS) is 12.7. The molecule has 0 aliphatic heterocycles. The minimum Gasteiger partial charge on any atom is -0.196 e. The van der Waals surface area contributed by atoms with Crippen LogP contribution in [0.15, 0.2) is 0 Å². The van der Waals surface area contributed by atoms with Crippen molar-refractivity contribution in [3.05, 3.63) is 0 Å². The van der Waals surface area contributed by atoms with Crippen molar-refractivity contribution in [2.24, 2.45) is 0 Å². The van der Waals surface area contributed by atoms with E-state index in [2.05, 4.69) is 0 Å². The van der Waals surface area contributed by atoms with Crippen LogP contribution in [0.3, 0.4) is 0 Å². The van der Waals surface area contributed by atoms with Crippen molar-refractivity contribution in [1.29, 1.82) is 0 Å². The molecule has 0 heterocycles. The predicted octanol–water partition coefficient (Wildman–Crippen LogP) is 2.99. The molecule has 0 rings (SSSR count). The van der Waals surface area contributed by atoms with Crippen LogP contribution in [0, 0.1) is 12.3 Å². The number of terminal acetylenes is 1. The van der Waals surface area contributed by atoms with Crippen LogP contribution in [0.5, 0.6) is 0 Å². The van der Waals surface area contributed by atoms with Crippen molar-refractivity contribution < 1.29 is 22.0 Å². The van der Waals surface area contributed by atoms with Crippen molar-refractivity contribution >= 4 is 0 Å². The second-order valence-electron chi connectivity index (χ2n) is 2.26. The molecule has 0 nitrogen and oxygen atoms in total. The van der Waals surface area contributed by atoms with E-state index in [1.165, 1.54) is 0 Å². The molecule has 0 saturated heterocycles. The van der Waals surface area contributed by atoms with Gasteiger partial charge >= 0.3 is 12.1 Å². The molecule has 0 aromatic rings. The number of rotatable bonds is 3. The first-order valence-electron chi connectivity index (χ1n) is 3.19. The monoisotopic (exact) mass is 186 g/mol. The zero-order chi connectivity index (χ0) is 9.83. The van der Waals surface area contributed by atoms with Gasteiger partial charge in [-0.2, -0.15) is 22.0 Å². The van der Waals surface area contributed by atoms with E-state index < -0.39 is 18.5 Å². The lowest BCUT2D eigenvalue weighted by atomic mass is 10.1. The van der Waals surface area contributed by atoms with Gasteiger partial charge in [-0.15, -0.1) is 12.3 Å². The number of hydrogen-bond acceptors (Lipinski definition) is 0. The van der Waals surface area contributed by atoms with E-state index in [1.807, 2.05) is 5.92 Å². The summed E-state index contributed by atoms with van der Waals surface area (Å²) in [4.78, 5) is 0. The lowest BCUT2D eigenvalue weighted by molar-refractivity contribution is -0.284. The molecule has 0 aliphatic carbocycles. The summed E-state index contributed by atoms with van der Waals surface area (Å²) >= 11 is 0. The second kappa shape index (κ2) is 3.74. The molecule has 0 aromatic carbocycles. The van der Waals surface area contributed by atoms with Gasteiger partial charge in [-0.1, -0.05) is 0 Å². The Labute approximate surface area is 66.8 Å². The van der Waals surface area contributed by atoms with Crippen LogP contribution in [-0.4, -0.2) is 12.1 Å². The molecule has 70 valence electrons. The average Bonchev–Trinajstić information content (AvgIpc) is 1.85. The molecule has 0 saturated carbocycles. The molecule has 0 N–H and O–H groups in total. The average molecular weight is 186 g/mol. The van der Waals surface area contributed by atoms with E-state index in [4.69, 9.17) is 6.42 Å². The fourth-order valence-corrected chi connectivity index (χ4v) is 0.554. The lowest BCUT2D eigenvalue weighted by Crippen LogP contribution is -2.36. The summed E-state index contributed by atoms with van der Waals surface area (Å²) in [5.74, 6) is -2.62. The van der Waals surface area contributed by atoms with E-state index in [0.29, 0.717) is 0 Å². The highest BCUT2D eigenvalue weighted by molar-refractivity contribution is 4.85. The molecule has 0 fully saturated rings. The summed E-state index contributed by atoms with van der Waals surface area (Å²) in [6, 6.07) is 0. The van der Waals surface area contributed by atoms with Crippen molar-refractivity contribution in [1.82, 2.24) is 0 Å². The summed E-state index contributed by atoms with van der Waals surface area (Å²) in [5.41, 5.74) is 0. The van der Waals surface area contributed by atoms with Crippen LogP contribution in [-0.2, 0) is 0 Å². The van der Waals surface area contributed by atoms with Crippen LogP contribution in [0.25, 0.3) is 0 Å². The standard InChI is InChI=1S/C7H7F5/c1-2-3-4-5-6(8,9)7(10,11)12/h1H,3-5H2. The summed E-state index contributed by atoms with van der Waals surface area (Å²) in [6.45, 7) is 0. The van der Waals surface area contributed by atoms with Gasteiger partial charge in [0.25, 0.3) is 0 Å². The van der Waals surface area contributed by atoms with E-state index in [9.17, 15) is 22.0 Å². The molecule has 0 spiro atoms. The van der Waals surface area contributed by atoms with Gasteiger partial charge in [0, 0.05) is 12.8 Å². The van der Waals surface area contributed by atoms with E-state index in [1.54, 1.807) is 0 Å². The zero-order valence-electron chi connectivity index (χ0n) is 6.09. The van der Waals surface area contributed by atoms with Gasteiger partial charge in [-0.05, 0) is 6.42 Å². The number of alkyl halides is 5. The highest BCUT2D eigenvalue weighted by Crippen LogP contribution is 2.38. The van der Waals surface area contributed by atoms with Gasteiger partial charge < -0.3 is 0 Å². The smallest absolute Gasteiger partial charge is 0.196 e. The minimum atomic E-state index is -5.46. The lowest BCUT2D eigenvalue weighted by Gasteiger charge is -2.18. The molecule has 0 aliphatic rings. The first-order valence-corrected chi connectivity index (χ1v) is 3.19. The van der Waals surface area contributed by atoms with Crippen molar-refractivity contribution in [3.8, 4) is 12.3 Å². The van der Waals surface area contributed by atoms with Crippen molar-refractivity contribution in [2.45, 2.75) is 31.4 Å². The van der Waals surface area contributed by atoms with Gasteiger partial charge in [0.15, 0.2) is 0 Å². The van der Waals surface area contributed by atoms with E-state index in [-0.39, 0.29) is 12.8 Å². The Morgan fingerprint density at radius 2 is 1.58 bits per heavy atom. The van der Waals surface area contributed by atoms with Crippen LogP contribution in [0.4, 0.5) is 22.0 Å². The number of unbranched alkanes of at least 4 members (excludes halogenated alkanes) is 1. The summed E-state index contributed by atoms with van der Waals surface area (Å²) in [7, 11) is 0. The molecule has 0 amide bonds. The molecule has 12 heavy (non-hydrogen) atoms. The molecule has 0 atom stereocenters. The van der Waals surface area contributed by atoms with E-state index in [0.717, 1.165) is 0 Å². The fourth-order valence-electron chi connectivity index (χ4n) is 0.554. The van der Waals surface area contributed by atoms with Gasteiger partial charge in [-0.3, -0.25) is 0 Å². The van der Waals surface area contributed by atoms with Gasteiger partial charge in [-0.25, -0.2) is 0 Å². The molecule has 0 bridgehead atoms. The maximum Gasteiger partial charge on any atom is 0.453 e. The molecular weight excluding hydrogens is 179 g/mol. The van der Waals surface area contributed by atoms with Crippen molar-refractivity contribution in [3.63, 3.8) is 0 Å². The van der Waals surface area contributed by atoms with E-state index >= 15 is 0 Å².